The summed E-state index contributed by atoms with van der Waals surface area (Å²) in [5, 5.41) is 20.7. The van der Waals surface area contributed by atoms with E-state index >= 15 is 0 Å². The van der Waals surface area contributed by atoms with Crippen molar-refractivity contribution in [2.45, 2.75) is 50.2 Å². The van der Waals surface area contributed by atoms with Gasteiger partial charge in [-0.2, -0.15) is 0 Å². The van der Waals surface area contributed by atoms with Crippen LogP contribution in [0.3, 0.4) is 0 Å². The van der Waals surface area contributed by atoms with Crippen LogP contribution in [0.2, 0.25) is 0 Å². The molecule has 0 radical (unpaired) electrons. The van der Waals surface area contributed by atoms with E-state index in [-0.39, 0.29) is 5.56 Å². The van der Waals surface area contributed by atoms with Crippen LogP contribution in [0.1, 0.15) is 43.8 Å². The standard InChI is InChI=1S/C14H17F3O3/c15-14(16,17)20-11-7-3-2-6-10(11)12(18)13(19)8-4-1-5-9-13/h2-3,6-7,12,18-19H,1,4-5,8-9H2. The molecule has 1 unspecified atom stereocenters. The average Bonchev–Trinajstić information content (AvgIpc) is 2.37. The number of aliphatic hydroxyl groups is 2. The Morgan fingerprint density at radius 3 is 2.30 bits per heavy atom. The van der Waals surface area contributed by atoms with Gasteiger partial charge in [0, 0.05) is 5.56 Å². The maximum Gasteiger partial charge on any atom is 0.573 e. The molecule has 1 aromatic rings. The van der Waals surface area contributed by atoms with Crippen molar-refractivity contribution in [3.8, 4) is 5.75 Å². The molecular formula is C14H17F3O3. The van der Waals surface area contributed by atoms with Crippen molar-refractivity contribution in [2.24, 2.45) is 0 Å². The second kappa shape index (κ2) is 5.61. The summed E-state index contributed by atoms with van der Waals surface area (Å²) in [6.07, 6.45) is -3.03. The number of para-hydroxylation sites is 1. The Morgan fingerprint density at radius 1 is 1.10 bits per heavy atom. The van der Waals surface area contributed by atoms with E-state index < -0.39 is 23.8 Å². The highest BCUT2D eigenvalue weighted by atomic mass is 19.4. The molecular weight excluding hydrogens is 273 g/mol. The van der Waals surface area contributed by atoms with Gasteiger partial charge in [-0.05, 0) is 18.9 Å². The quantitative estimate of drug-likeness (QED) is 0.898. The third-order valence-electron chi connectivity index (χ3n) is 3.67. The van der Waals surface area contributed by atoms with E-state index in [4.69, 9.17) is 0 Å². The summed E-state index contributed by atoms with van der Waals surface area (Å²) in [4.78, 5) is 0. The molecule has 112 valence electrons. The van der Waals surface area contributed by atoms with Crippen LogP contribution in [0.25, 0.3) is 0 Å². The largest absolute Gasteiger partial charge is 0.573 e. The molecule has 1 aliphatic rings. The fraction of sp³-hybridized carbons (Fsp3) is 0.571. The normalized spacial score (nSPS) is 20.4. The summed E-state index contributed by atoms with van der Waals surface area (Å²) < 4.78 is 41.0. The lowest BCUT2D eigenvalue weighted by atomic mass is 9.78. The number of aliphatic hydroxyl groups excluding tert-OH is 1. The molecule has 0 spiro atoms. The van der Waals surface area contributed by atoms with Crippen LogP contribution in [0.4, 0.5) is 13.2 Å². The number of alkyl halides is 3. The van der Waals surface area contributed by atoms with Crippen molar-refractivity contribution >= 4 is 0 Å². The molecule has 1 saturated carbocycles. The number of hydrogen-bond donors (Lipinski definition) is 2. The third kappa shape index (κ3) is 3.43. The lowest BCUT2D eigenvalue weighted by Crippen LogP contribution is -2.38. The molecule has 6 heteroatoms. The summed E-state index contributed by atoms with van der Waals surface area (Å²) in [6.45, 7) is 0. The second-order valence-electron chi connectivity index (χ2n) is 5.15. The summed E-state index contributed by atoms with van der Waals surface area (Å²) in [5.74, 6) is -0.466. The molecule has 0 bridgehead atoms. The van der Waals surface area contributed by atoms with Crippen molar-refractivity contribution in [2.75, 3.05) is 0 Å². The number of benzene rings is 1. The van der Waals surface area contributed by atoms with Crippen LogP contribution >= 0.6 is 0 Å². The second-order valence-corrected chi connectivity index (χ2v) is 5.15. The zero-order chi connectivity index (χ0) is 14.8. The smallest absolute Gasteiger partial charge is 0.405 e. The summed E-state index contributed by atoms with van der Waals surface area (Å²) >= 11 is 0. The molecule has 0 aromatic heterocycles. The first-order chi connectivity index (χ1) is 9.32. The molecule has 20 heavy (non-hydrogen) atoms. The van der Waals surface area contributed by atoms with Gasteiger partial charge in [-0.25, -0.2) is 0 Å². The molecule has 0 heterocycles. The van der Waals surface area contributed by atoms with Crippen molar-refractivity contribution in [3.05, 3.63) is 29.8 Å². The third-order valence-corrected chi connectivity index (χ3v) is 3.67. The van der Waals surface area contributed by atoms with Gasteiger partial charge in [0.25, 0.3) is 0 Å². The number of ether oxygens (including phenoxy) is 1. The van der Waals surface area contributed by atoms with Gasteiger partial charge in [-0.1, -0.05) is 37.5 Å². The maximum atomic E-state index is 12.4. The van der Waals surface area contributed by atoms with Gasteiger partial charge in [0.15, 0.2) is 0 Å². The predicted octanol–water partition coefficient (Wildman–Crippen LogP) is 3.31. The Bertz CT molecular complexity index is 453. The highest BCUT2D eigenvalue weighted by Crippen LogP contribution is 2.41. The molecule has 1 aliphatic carbocycles. The fourth-order valence-corrected chi connectivity index (χ4v) is 2.65. The van der Waals surface area contributed by atoms with Gasteiger partial charge in [0.05, 0.1) is 5.60 Å². The minimum absolute atomic E-state index is 0.0331. The minimum Gasteiger partial charge on any atom is -0.405 e. The van der Waals surface area contributed by atoms with Crippen LogP contribution in [-0.2, 0) is 0 Å². The van der Waals surface area contributed by atoms with Crippen LogP contribution in [0.5, 0.6) is 5.75 Å². The van der Waals surface area contributed by atoms with E-state index in [1.165, 1.54) is 18.2 Å². The van der Waals surface area contributed by atoms with E-state index in [0.29, 0.717) is 12.8 Å². The zero-order valence-electron chi connectivity index (χ0n) is 10.9. The first kappa shape index (κ1) is 15.1. The van der Waals surface area contributed by atoms with Gasteiger partial charge in [-0.3, -0.25) is 0 Å². The highest BCUT2D eigenvalue weighted by molar-refractivity contribution is 5.36. The topological polar surface area (TPSA) is 49.7 Å². The highest BCUT2D eigenvalue weighted by Gasteiger charge is 2.40. The first-order valence-electron chi connectivity index (χ1n) is 6.57. The van der Waals surface area contributed by atoms with Crippen molar-refractivity contribution in [1.29, 1.82) is 0 Å². The molecule has 0 saturated heterocycles. The number of hydrogen-bond acceptors (Lipinski definition) is 3. The molecule has 1 atom stereocenters. The van der Waals surface area contributed by atoms with Gasteiger partial charge in [-0.15, -0.1) is 13.2 Å². The van der Waals surface area contributed by atoms with E-state index in [1.807, 2.05) is 0 Å². The molecule has 1 aromatic carbocycles. The maximum absolute atomic E-state index is 12.4. The SMILES string of the molecule is OC(c1ccccc1OC(F)(F)F)C1(O)CCCCC1. The van der Waals surface area contributed by atoms with Crippen molar-refractivity contribution in [3.63, 3.8) is 0 Å². The average molecular weight is 290 g/mol. The molecule has 2 rings (SSSR count). The molecule has 2 N–H and O–H groups in total. The van der Waals surface area contributed by atoms with Crippen LogP contribution < -0.4 is 4.74 Å². The number of halogens is 3. The molecule has 3 nitrogen and oxygen atoms in total. The Labute approximate surface area is 115 Å². The Morgan fingerprint density at radius 2 is 1.70 bits per heavy atom. The lowest BCUT2D eigenvalue weighted by Gasteiger charge is -2.37. The van der Waals surface area contributed by atoms with Crippen molar-refractivity contribution < 1.29 is 28.1 Å². The van der Waals surface area contributed by atoms with Gasteiger partial charge >= 0.3 is 6.36 Å². The Hall–Kier alpha value is -1.27. The van der Waals surface area contributed by atoms with Crippen LogP contribution in [-0.4, -0.2) is 22.2 Å². The summed E-state index contributed by atoms with van der Waals surface area (Å²) in [7, 11) is 0. The lowest BCUT2D eigenvalue weighted by molar-refractivity contribution is -0.275. The first-order valence-corrected chi connectivity index (χ1v) is 6.57. The fourth-order valence-electron chi connectivity index (χ4n) is 2.65. The van der Waals surface area contributed by atoms with Crippen molar-refractivity contribution in [1.82, 2.24) is 0 Å². The molecule has 0 amide bonds. The van der Waals surface area contributed by atoms with E-state index in [9.17, 15) is 23.4 Å². The van der Waals surface area contributed by atoms with E-state index in [0.717, 1.165) is 25.3 Å². The monoisotopic (exact) mass is 290 g/mol. The predicted molar refractivity (Wildman–Crippen MR) is 66.1 cm³/mol. The van der Waals surface area contributed by atoms with Crippen LogP contribution in [0, 0.1) is 0 Å². The molecule has 0 aliphatic heterocycles. The van der Waals surface area contributed by atoms with Gasteiger partial charge in [0.1, 0.15) is 11.9 Å². The van der Waals surface area contributed by atoms with Gasteiger partial charge in [0.2, 0.25) is 0 Å². The van der Waals surface area contributed by atoms with Gasteiger partial charge < -0.3 is 14.9 Å². The molecule has 1 fully saturated rings. The van der Waals surface area contributed by atoms with E-state index in [1.54, 1.807) is 0 Å². The number of rotatable bonds is 3. The minimum atomic E-state index is -4.83. The Kier molecular flexibility index (Phi) is 4.25. The van der Waals surface area contributed by atoms with Crippen LogP contribution in [0.15, 0.2) is 24.3 Å². The Balaban J connectivity index is 2.27. The zero-order valence-corrected chi connectivity index (χ0v) is 10.9. The summed E-state index contributed by atoms with van der Waals surface area (Å²) in [6, 6.07) is 5.38. The van der Waals surface area contributed by atoms with E-state index in [2.05, 4.69) is 4.74 Å². The summed E-state index contributed by atoms with van der Waals surface area (Å²) in [5.41, 5.74) is -1.42.